The lowest BCUT2D eigenvalue weighted by atomic mass is 10.0. The molecule has 0 saturated carbocycles. The van der Waals surface area contributed by atoms with Crippen LogP contribution in [0.3, 0.4) is 0 Å². The average molecular weight is 273 g/mol. The first kappa shape index (κ1) is 14.9. The molecule has 18 heavy (non-hydrogen) atoms. The maximum Gasteiger partial charge on any atom is 0.241 e. The van der Waals surface area contributed by atoms with Crippen molar-refractivity contribution in [2.24, 2.45) is 0 Å². The molecule has 1 unspecified atom stereocenters. The van der Waals surface area contributed by atoms with Gasteiger partial charge in [-0.25, -0.2) is 13.1 Å². The third-order valence-electron chi connectivity index (χ3n) is 2.86. The maximum atomic E-state index is 12.2. The zero-order chi connectivity index (χ0) is 13.8. The molecule has 0 spiro atoms. The number of benzene rings is 1. The van der Waals surface area contributed by atoms with Crippen molar-refractivity contribution in [3.05, 3.63) is 24.3 Å². The molecule has 0 fully saturated rings. The van der Waals surface area contributed by atoms with E-state index in [1.165, 1.54) is 19.2 Å². The monoisotopic (exact) mass is 273 g/mol. The van der Waals surface area contributed by atoms with Gasteiger partial charge in [-0.05, 0) is 25.5 Å². The zero-order valence-electron chi connectivity index (χ0n) is 10.8. The second-order valence-electron chi connectivity index (χ2n) is 4.36. The van der Waals surface area contributed by atoms with Crippen LogP contribution < -0.4 is 9.46 Å². The largest absolute Gasteiger partial charge is 0.497 e. The van der Waals surface area contributed by atoms with Gasteiger partial charge in [0.1, 0.15) is 5.75 Å². The molecule has 0 aliphatic rings. The lowest BCUT2D eigenvalue weighted by Crippen LogP contribution is -2.48. The van der Waals surface area contributed by atoms with Gasteiger partial charge in [0.2, 0.25) is 10.0 Å². The molecule has 0 amide bonds. The molecule has 6 heteroatoms. The molecule has 0 aromatic heterocycles. The molecule has 2 N–H and O–H groups in total. The van der Waals surface area contributed by atoms with Gasteiger partial charge in [0.15, 0.2) is 0 Å². The van der Waals surface area contributed by atoms with Crippen molar-refractivity contribution >= 4 is 10.0 Å². The highest BCUT2D eigenvalue weighted by atomic mass is 32.2. The number of sulfonamides is 1. The van der Waals surface area contributed by atoms with E-state index in [1.54, 1.807) is 19.1 Å². The van der Waals surface area contributed by atoms with Crippen LogP contribution >= 0.6 is 0 Å². The minimum atomic E-state index is -3.66. The zero-order valence-corrected chi connectivity index (χ0v) is 11.6. The van der Waals surface area contributed by atoms with Crippen molar-refractivity contribution in [3.8, 4) is 5.75 Å². The Hall–Kier alpha value is -1.11. The van der Waals surface area contributed by atoms with Gasteiger partial charge in [-0.1, -0.05) is 13.0 Å². The molecule has 1 rings (SSSR count). The molecule has 5 nitrogen and oxygen atoms in total. The summed E-state index contributed by atoms with van der Waals surface area (Å²) < 4.78 is 31.8. The van der Waals surface area contributed by atoms with Gasteiger partial charge in [-0.3, -0.25) is 0 Å². The van der Waals surface area contributed by atoms with Gasteiger partial charge in [0.05, 0.1) is 24.2 Å². The van der Waals surface area contributed by atoms with E-state index < -0.39 is 15.6 Å². The first-order valence-electron chi connectivity index (χ1n) is 5.66. The molecule has 0 saturated heterocycles. The van der Waals surface area contributed by atoms with Crippen LogP contribution in [0.15, 0.2) is 29.2 Å². The number of aliphatic hydroxyl groups excluding tert-OH is 1. The van der Waals surface area contributed by atoms with E-state index in [9.17, 15) is 13.5 Å². The number of aliphatic hydroxyl groups is 1. The van der Waals surface area contributed by atoms with Crippen LogP contribution in [0.4, 0.5) is 0 Å². The molecule has 1 aromatic rings. The number of rotatable bonds is 6. The van der Waals surface area contributed by atoms with Crippen molar-refractivity contribution in [2.75, 3.05) is 13.7 Å². The summed E-state index contributed by atoms with van der Waals surface area (Å²) in [5, 5.41) is 9.24. The predicted molar refractivity (Wildman–Crippen MR) is 69.1 cm³/mol. The normalized spacial score (nSPS) is 15.1. The molecule has 0 aliphatic carbocycles. The summed E-state index contributed by atoms with van der Waals surface area (Å²) in [6.07, 6.45) is 0.493. The standard InChI is InChI=1S/C12H19NO4S/c1-4-12(2,9-14)13-18(15,16)11-7-5-6-10(8-11)17-3/h5-8,13-14H,4,9H2,1-3H3. The lowest BCUT2D eigenvalue weighted by Gasteiger charge is -2.26. The van der Waals surface area contributed by atoms with E-state index in [-0.39, 0.29) is 11.5 Å². The molecule has 1 aromatic carbocycles. The molecule has 0 bridgehead atoms. The van der Waals surface area contributed by atoms with E-state index in [2.05, 4.69) is 4.72 Å². The molecule has 1 atom stereocenters. The Kier molecular flexibility index (Phi) is 4.72. The Bertz CT molecular complexity index is 495. The van der Waals surface area contributed by atoms with Gasteiger partial charge < -0.3 is 9.84 Å². The summed E-state index contributed by atoms with van der Waals surface area (Å²) in [4.78, 5) is 0.120. The number of ether oxygens (including phenoxy) is 1. The van der Waals surface area contributed by atoms with Crippen molar-refractivity contribution in [3.63, 3.8) is 0 Å². The predicted octanol–water partition coefficient (Wildman–Crippen LogP) is 1.13. The van der Waals surface area contributed by atoms with Crippen LogP contribution in [-0.2, 0) is 10.0 Å². The van der Waals surface area contributed by atoms with Crippen LogP contribution in [0.5, 0.6) is 5.75 Å². The van der Waals surface area contributed by atoms with Crippen molar-refractivity contribution in [1.82, 2.24) is 4.72 Å². The van der Waals surface area contributed by atoms with Crippen LogP contribution in [0.25, 0.3) is 0 Å². The smallest absolute Gasteiger partial charge is 0.241 e. The fourth-order valence-electron chi connectivity index (χ4n) is 1.37. The molecular weight excluding hydrogens is 254 g/mol. The molecule has 102 valence electrons. The highest BCUT2D eigenvalue weighted by Crippen LogP contribution is 2.19. The van der Waals surface area contributed by atoms with Gasteiger partial charge in [-0.2, -0.15) is 0 Å². The van der Waals surface area contributed by atoms with Crippen molar-refractivity contribution in [2.45, 2.75) is 30.7 Å². The first-order valence-corrected chi connectivity index (χ1v) is 7.14. The molecule has 0 heterocycles. The number of methoxy groups -OCH3 is 1. The third kappa shape index (κ3) is 3.44. The van der Waals surface area contributed by atoms with E-state index in [4.69, 9.17) is 4.74 Å². The fourth-order valence-corrected chi connectivity index (χ4v) is 2.87. The molecular formula is C12H19NO4S. The van der Waals surface area contributed by atoms with Crippen LogP contribution in [-0.4, -0.2) is 32.8 Å². The second-order valence-corrected chi connectivity index (χ2v) is 6.04. The summed E-state index contributed by atoms with van der Waals surface area (Å²) in [6, 6.07) is 6.20. The third-order valence-corrected chi connectivity index (χ3v) is 4.50. The summed E-state index contributed by atoms with van der Waals surface area (Å²) in [7, 11) is -2.19. The van der Waals surface area contributed by atoms with Gasteiger partial charge in [-0.15, -0.1) is 0 Å². The Balaban J connectivity index is 3.06. The Morgan fingerprint density at radius 3 is 2.61 bits per heavy atom. The van der Waals surface area contributed by atoms with E-state index in [0.717, 1.165) is 0 Å². The minimum Gasteiger partial charge on any atom is -0.497 e. The highest BCUT2D eigenvalue weighted by molar-refractivity contribution is 7.89. The first-order chi connectivity index (χ1) is 8.37. The minimum absolute atomic E-state index is 0.120. The summed E-state index contributed by atoms with van der Waals surface area (Å²) in [5.74, 6) is 0.472. The van der Waals surface area contributed by atoms with Crippen LogP contribution in [0.1, 0.15) is 20.3 Å². The Labute approximate surface area is 108 Å². The fraction of sp³-hybridized carbons (Fsp3) is 0.500. The molecule has 0 aliphatic heterocycles. The van der Waals surface area contributed by atoms with E-state index in [0.29, 0.717) is 12.2 Å². The summed E-state index contributed by atoms with van der Waals surface area (Å²) in [5.41, 5.74) is -0.859. The second kappa shape index (κ2) is 5.69. The van der Waals surface area contributed by atoms with E-state index in [1.807, 2.05) is 6.92 Å². The van der Waals surface area contributed by atoms with Crippen molar-refractivity contribution in [1.29, 1.82) is 0 Å². The maximum absolute atomic E-state index is 12.2. The van der Waals surface area contributed by atoms with Gasteiger partial charge in [0, 0.05) is 6.07 Å². The van der Waals surface area contributed by atoms with Gasteiger partial charge in [0.25, 0.3) is 0 Å². The molecule has 0 radical (unpaired) electrons. The summed E-state index contributed by atoms with van der Waals surface area (Å²) >= 11 is 0. The number of hydrogen-bond donors (Lipinski definition) is 2. The van der Waals surface area contributed by atoms with Crippen LogP contribution in [0, 0.1) is 0 Å². The lowest BCUT2D eigenvalue weighted by molar-refractivity contribution is 0.191. The Morgan fingerprint density at radius 2 is 2.11 bits per heavy atom. The Morgan fingerprint density at radius 1 is 1.44 bits per heavy atom. The SMILES string of the molecule is CCC(C)(CO)NS(=O)(=O)c1cccc(OC)c1. The summed E-state index contributed by atoms with van der Waals surface area (Å²) in [6.45, 7) is 3.21. The average Bonchev–Trinajstić information content (AvgIpc) is 2.38. The van der Waals surface area contributed by atoms with Crippen molar-refractivity contribution < 1.29 is 18.3 Å². The number of hydrogen-bond acceptors (Lipinski definition) is 4. The van der Waals surface area contributed by atoms with Crippen LogP contribution in [0.2, 0.25) is 0 Å². The number of nitrogens with one attached hydrogen (secondary N) is 1. The highest BCUT2D eigenvalue weighted by Gasteiger charge is 2.28. The topological polar surface area (TPSA) is 75.6 Å². The van der Waals surface area contributed by atoms with E-state index >= 15 is 0 Å². The quantitative estimate of drug-likeness (QED) is 0.815. The van der Waals surface area contributed by atoms with Gasteiger partial charge >= 0.3 is 0 Å².